The first-order valence-electron chi connectivity index (χ1n) is 8.95. The predicted octanol–water partition coefficient (Wildman–Crippen LogP) is 3.55. The number of aromatic nitrogens is 6. The van der Waals surface area contributed by atoms with Crippen molar-refractivity contribution in [3.8, 4) is 0 Å². The SMILES string of the molecule is O=c1c2ccccc2nc(CSc2ncnc3nc[nH]c23)n1C1=CC=CCC1. The van der Waals surface area contributed by atoms with Gasteiger partial charge in [-0.15, -0.1) is 0 Å². The minimum Gasteiger partial charge on any atom is -0.341 e. The fraction of sp³-hybridized carbons (Fsp3) is 0.150. The van der Waals surface area contributed by atoms with Crippen molar-refractivity contribution in [1.29, 1.82) is 0 Å². The summed E-state index contributed by atoms with van der Waals surface area (Å²) in [5, 5.41) is 1.42. The average Bonchev–Trinajstić information content (AvgIpc) is 3.22. The lowest BCUT2D eigenvalue weighted by atomic mass is 10.1. The van der Waals surface area contributed by atoms with Crippen molar-refractivity contribution in [3.05, 3.63) is 71.3 Å². The number of thioether (sulfide) groups is 1. The summed E-state index contributed by atoms with van der Waals surface area (Å²) < 4.78 is 1.75. The van der Waals surface area contributed by atoms with Gasteiger partial charge in [0.25, 0.3) is 5.56 Å². The second-order valence-corrected chi connectivity index (χ2v) is 7.34. The molecule has 0 spiro atoms. The van der Waals surface area contributed by atoms with Gasteiger partial charge in [-0.3, -0.25) is 9.36 Å². The van der Waals surface area contributed by atoms with Crippen molar-refractivity contribution in [3.63, 3.8) is 0 Å². The molecular weight excluding hydrogens is 372 g/mol. The van der Waals surface area contributed by atoms with E-state index < -0.39 is 0 Å². The summed E-state index contributed by atoms with van der Waals surface area (Å²) >= 11 is 1.51. The molecule has 0 aliphatic heterocycles. The summed E-state index contributed by atoms with van der Waals surface area (Å²) in [4.78, 5) is 33.8. The Morgan fingerprint density at radius 3 is 3.00 bits per heavy atom. The summed E-state index contributed by atoms with van der Waals surface area (Å²) in [5.41, 5.74) is 3.07. The Balaban J connectivity index is 1.61. The molecule has 5 rings (SSSR count). The lowest BCUT2D eigenvalue weighted by molar-refractivity contribution is 0.845. The maximum atomic E-state index is 13.2. The number of hydrogen-bond donors (Lipinski definition) is 1. The number of rotatable bonds is 4. The lowest BCUT2D eigenvalue weighted by Crippen LogP contribution is -2.25. The van der Waals surface area contributed by atoms with Gasteiger partial charge >= 0.3 is 0 Å². The molecule has 28 heavy (non-hydrogen) atoms. The Hall–Kier alpha value is -3.26. The monoisotopic (exact) mass is 388 g/mol. The summed E-state index contributed by atoms with van der Waals surface area (Å²) in [6.45, 7) is 0. The predicted molar refractivity (Wildman–Crippen MR) is 110 cm³/mol. The van der Waals surface area contributed by atoms with Gasteiger partial charge in [0, 0.05) is 5.70 Å². The van der Waals surface area contributed by atoms with Crippen LogP contribution in [0.5, 0.6) is 0 Å². The van der Waals surface area contributed by atoms with Gasteiger partial charge in [-0.25, -0.2) is 19.9 Å². The van der Waals surface area contributed by atoms with Crippen molar-refractivity contribution >= 4 is 39.5 Å². The van der Waals surface area contributed by atoms with Gasteiger partial charge in [-0.2, -0.15) is 0 Å². The van der Waals surface area contributed by atoms with Crippen molar-refractivity contribution in [2.75, 3.05) is 0 Å². The number of imidazole rings is 1. The first-order chi connectivity index (χ1) is 13.8. The Bertz CT molecular complexity index is 1300. The van der Waals surface area contributed by atoms with E-state index in [-0.39, 0.29) is 5.56 Å². The van der Waals surface area contributed by atoms with Gasteiger partial charge in [0.05, 0.1) is 23.0 Å². The molecular formula is C20H16N6OS. The minimum atomic E-state index is -0.0304. The van der Waals surface area contributed by atoms with Crippen LogP contribution in [0.3, 0.4) is 0 Å². The van der Waals surface area contributed by atoms with Gasteiger partial charge in [0.1, 0.15) is 22.7 Å². The Kier molecular flexibility index (Phi) is 4.25. The van der Waals surface area contributed by atoms with Gasteiger partial charge in [0.15, 0.2) is 5.65 Å². The van der Waals surface area contributed by atoms with E-state index in [1.165, 1.54) is 18.1 Å². The maximum Gasteiger partial charge on any atom is 0.265 e. The summed E-state index contributed by atoms with van der Waals surface area (Å²) in [5.74, 6) is 1.22. The Morgan fingerprint density at radius 1 is 1.18 bits per heavy atom. The third-order valence-corrected chi connectivity index (χ3v) is 5.64. The Morgan fingerprint density at radius 2 is 2.11 bits per heavy atom. The number of hydrogen-bond acceptors (Lipinski definition) is 6. The van der Waals surface area contributed by atoms with Gasteiger partial charge in [-0.05, 0) is 31.1 Å². The molecule has 0 saturated carbocycles. The number of nitrogens with one attached hydrogen (secondary N) is 1. The van der Waals surface area contributed by atoms with Gasteiger partial charge < -0.3 is 4.98 Å². The molecule has 4 aromatic rings. The van der Waals surface area contributed by atoms with Gasteiger partial charge in [0.2, 0.25) is 0 Å². The molecule has 0 saturated heterocycles. The zero-order valence-electron chi connectivity index (χ0n) is 14.9. The van der Waals surface area contributed by atoms with Crippen LogP contribution in [0.4, 0.5) is 0 Å². The first-order valence-corrected chi connectivity index (χ1v) is 9.93. The average molecular weight is 388 g/mol. The van der Waals surface area contributed by atoms with Crippen LogP contribution in [-0.2, 0) is 5.75 Å². The van der Waals surface area contributed by atoms with Crippen LogP contribution in [-0.4, -0.2) is 29.5 Å². The van der Waals surface area contributed by atoms with Crippen LogP contribution in [0.2, 0.25) is 0 Å². The van der Waals surface area contributed by atoms with Crippen LogP contribution in [0.15, 0.2) is 65.0 Å². The fourth-order valence-electron chi connectivity index (χ4n) is 3.33. The largest absolute Gasteiger partial charge is 0.341 e. The smallest absolute Gasteiger partial charge is 0.265 e. The van der Waals surface area contributed by atoms with E-state index in [1.807, 2.05) is 36.4 Å². The molecule has 0 fully saturated rings. The third kappa shape index (κ3) is 2.91. The maximum absolute atomic E-state index is 13.2. The second kappa shape index (κ2) is 7.05. The van der Waals surface area contributed by atoms with Crippen LogP contribution in [0.1, 0.15) is 18.7 Å². The number of H-pyrrole nitrogens is 1. The number of fused-ring (bicyclic) bond motifs is 2. The highest BCUT2D eigenvalue weighted by molar-refractivity contribution is 7.98. The van der Waals surface area contributed by atoms with E-state index in [9.17, 15) is 4.79 Å². The fourth-order valence-corrected chi connectivity index (χ4v) is 4.21. The molecule has 0 amide bonds. The molecule has 1 aliphatic carbocycles. The quantitative estimate of drug-likeness (QED) is 0.425. The minimum absolute atomic E-state index is 0.0304. The highest BCUT2D eigenvalue weighted by Crippen LogP contribution is 2.27. The molecule has 138 valence electrons. The molecule has 1 aliphatic rings. The van der Waals surface area contributed by atoms with E-state index in [0.29, 0.717) is 28.1 Å². The summed E-state index contributed by atoms with van der Waals surface area (Å²) in [7, 11) is 0. The van der Waals surface area contributed by atoms with E-state index in [2.05, 4.69) is 26.0 Å². The van der Waals surface area contributed by atoms with Crippen molar-refractivity contribution < 1.29 is 0 Å². The lowest BCUT2D eigenvalue weighted by Gasteiger charge is -2.17. The number of benzene rings is 1. The number of aromatic amines is 1. The topological polar surface area (TPSA) is 89.3 Å². The van der Waals surface area contributed by atoms with Crippen LogP contribution < -0.4 is 5.56 Å². The molecule has 3 heterocycles. The first kappa shape index (κ1) is 16.9. The standard InChI is InChI=1S/C20H16N6OS/c27-20-14-8-4-5-9-15(14)25-16(26(20)13-6-2-1-3-7-13)10-28-19-17-18(22-11-21-17)23-12-24-19/h1-2,4-6,8-9,11-12H,3,7,10H2,(H,21,22,23,24). The third-order valence-electron chi connectivity index (χ3n) is 4.65. The van der Waals surface area contributed by atoms with Crippen molar-refractivity contribution in [2.45, 2.75) is 23.6 Å². The van der Waals surface area contributed by atoms with E-state index in [4.69, 9.17) is 4.98 Å². The zero-order chi connectivity index (χ0) is 18.9. The molecule has 0 radical (unpaired) electrons. The number of para-hydroxylation sites is 1. The highest BCUT2D eigenvalue weighted by Gasteiger charge is 2.16. The molecule has 7 nitrogen and oxygen atoms in total. The molecule has 8 heteroatoms. The second-order valence-electron chi connectivity index (χ2n) is 6.38. The van der Waals surface area contributed by atoms with Crippen LogP contribution in [0.25, 0.3) is 27.8 Å². The summed E-state index contributed by atoms with van der Waals surface area (Å²) in [6, 6.07) is 7.48. The molecule has 0 bridgehead atoms. The Labute approximate surface area is 164 Å². The zero-order valence-corrected chi connectivity index (χ0v) is 15.7. The van der Waals surface area contributed by atoms with Crippen molar-refractivity contribution in [1.82, 2.24) is 29.5 Å². The normalized spacial score (nSPS) is 13.9. The molecule has 1 aromatic carbocycles. The van der Waals surface area contributed by atoms with Crippen LogP contribution >= 0.6 is 11.8 Å². The van der Waals surface area contributed by atoms with Gasteiger partial charge in [-0.1, -0.05) is 36.0 Å². The number of nitrogens with zero attached hydrogens (tertiary/aromatic N) is 5. The molecule has 0 atom stereocenters. The number of allylic oxidation sites excluding steroid dienone is 4. The van der Waals surface area contributed by atoms with E-state index >= 15 is 0 Å². The highest BCUT2D eigenvalue weighted by atomic mass is 32.2. The molecule has 0 unspecified atom stereocenters. The van der Waals surface area contributed by atoms with Crippen molar-refractivity contribution in [2.24, 2.45) is 0 Å². The molecule has 3 aromatic heterocycles. The summed E-state index contributed by atoms with van der Waals surface area (Å²) in [6.07, 6.45) is 10.9. The van der Waals surface area contributed by atoms with E-state index in [0.717, 1.165) is 29.1 Å². The van der Waals surface area contributed by atoms with E-state index in [1.54, 1.807) is 10.9 Å². The van der Waals surface area contributed by atoms with Crippen LogP contribution in [0, 0.1) is 0 Å². The molecule has 1 N–H and O–H groups in total.